The summed E-state index contributed by atoms with van der Waals surface area (Å²) in [5.74, 6) is 1.49. The van der Waals surface area contributed by atoms with Gasteiger partial charge < -0.3 is 9.47 Å². The van der Waals surface area contributed by atoms with E-state index in [9.17, 15) is 0 Å². The first-order valence-corrected chi connectivity index (χ1v) is 6.67. The molecule has 1 aromatic heterocycles. The van der Waals surface area contributed by atoms with Crippen LogP contribution in [0.2, 0.25) is 0 Å². The van der Waals surface area contributed by atoms with Crippen LogP contribution >= 0.6 is 24.0 Å². The zero-order chi connectivity index (χ0) is 14.4. The number of hydrogen-bond acceptors (Lipinski definition) is 2. The van der Waals surface area contributed by atoms with E-state index in [2.05, 4.69) is 35.9 Å². The Hall–Kier alpha value is -1.56. The number of pyridine rings is 1. The molecule has 2 rings (SSSR count). The molecule has 0 atom stereocenters. The molecule has 1 aromatic carbocycles. The molecule has 0 aliphatic carbocycles. The molecular weight excluding hydrogens is 377 g/mol. The third kappa shape index (κ3) is 4.46. The number of halogens is 1. The molecule has 3 nitrogen and oxygen atoms in total. The molecule has 0 spiro atoms. The predicted octanol–water partition coefficient (Wildman–Crippen LogP) is 3.80. The van der Waals surface area contributed by atoms with Gasteiger partial charge in [-0.05, 0) is 36.8 Å². The minimum absolute atomic E-state index is 0. The maximum absolute atomic E-state index is 5.31. The molecule has 2 aromatic rings. The summed E-state index contributed by atoms with van der Waals surface area (Å²) in [6, 6.07) is 12.1. The van der Waals surface area contributed by atoms with Gasteiger partial charge in [-0.25, -0.2) is 0 Å². The predicted molar refractivity (Wildman–Crippen MR) is 96.2 cm³/mol. The highest BCUT2D eigenvalue weighted by atomic mass is 127. The second-order valence-electron chi connectivity index (χ2n) is 4.36. The molecule has 4 heteroatoms. The fourth-order valence-corrected chi connectivity index (χ4v) is 2.07. The summed E-state index contributed by atoms with van der Waals surface area (Å²) in [5.41, 5.74) is 2.25. The minimum Gasteiger partial charge on any atom is -0.493 e. The monoisotopic (exact) mass is 398 g/mol. The lowest BCUT2D eigenvalue weighted by Gasteiger charge is -2.07. The molecule has 0 aliphatic rings. The largest absolute Gasteiger partial charge is 0.493 e. The highest BCUT2D eigenvalue weighted by molar-refractivity contribution is 14.0. The van der Waals surface area contributed by atoms with Gasteiger partial charge in [-0.1, -0.05) is 6.07 Å². The zero-order valence-electron chi connectivity index (χ0n) is 12.6. The fourth-order valence-electron chi connectivity index (χ4n) is 2.07. The van der Waals surface area contributed by atoms with Gasteiger partial charge in [0.2, 0.25) is 5.69 Å². The number of rotatable bonds is 5. The van der Waals surface area contributed by atoms with Gasteiger partial charge in [-0.15, -0.1) is 24.0 Å². The van der Waals surface area contributed by atoms with Crippen molar-refractivity contribution in [1.29, 1.82) is 0 Å². The molecule has 1 heterocycles. The number of aromatic nitrogens is 1. The Kier molecular flexibility index (Phi) is 7.22. The van der Waals surface area contributed by atoms with Crippen molar-refractivity contribution in [2.75, 3.05) is 14.2 Å². The van der Waals surface area contributed by atoms with Gasteiger partial charge in [-0.3, -0.25) is 0 Å². The molecule has 112 valence electrons. The van der Waals surface area contributed by atoms with Crippen LogP contribution in [-0.2, 0) is 6.54 Å². The van der Waals surface area contributed by atoms with Crippen molar-refractivity contribution in [3.05, 3.63) is 53.9 Å². The van der Waals surface area contributed by atoms with Crippen LogP contribution in [0.4, 0.5) is 0 Å². The van der Waals surface area contributed by atoms with Gasteiger partial charge in [-0.2, -0.15) is 4.57 Å². The maximum Gasteiger partial charge on any atom is 0.205 e. The third-order valence-electron chi connectivity index (χ3n) is 3.17. The Labute approximate surface area is 143 Å². The van der Waals surface area contributed by atoms with Gasteiger partial charge >= 0.3 is 0 Å². The Balaban J connectivity index is 0.00000220. The van der Waals surface area contributed by atoms with Gasteiger partial charge in [0.15, 0.2) is 17.7 Å². The molecular formula is C17H21INO2+. The standard InChI is InChI=1S/C17H20NO2.HI/c1-4-18-12-6-5-7-15(18)10-8-14-9-11-16(19-2)17(13-14)20-3;/h5-13H,4H2,1-3H3;1H/q+1;/b10-8+;. The summed E-state index contributed by atoms with van der Waals surface area (Å²) >= 11 is 0. The van der Waals surface area contributed by atoms with Crippen LogP contribution in [0.5, 0.6) is 11.5 Å². The van der Waals surface area contributed by atoms with Crippen molar-refractivity contribution in [1.82, 2.24) is 0 Å². The molecule has 21 heavy (non-hydrogen) atoms. The smallest absolute Gasteiger partial charge is 0.205 e. The minimum atomic E-state index is 0. The maximum atomic E-state index is 5.31. The van der Waals surface area contributed by atoms with Crippen LogP contribution in [0.15, 0.2) is 42.6 Å². The van der Waals surface area contributed by atoms with Crippen molar-refractivity contribution in [3.8, 4) is 11.5 Å². The van der Waals surface area contributed by atoms with E-state index in [4.69, 9.17) is 9.47 Å². The van der Waals surface area contributed by atoms with E-state index in [-0.39, 0.29) is 24.0 Å². The topological polar surface area (TPSA) is 22.3 Å². The fraction of sp³-hybridized carbons (Fsp3) is 0.235. The lowest BCUT2D eigenvalue weighted by molar-refractivity contribution is -0.695. The van der Waals surface area contributed by atoms with Gasteiger partial charge in [0, 0.05) is 18.2 Å². The molecule has 0 saturated heterocycles. The Bertz CT molecular complexity index is 611. The highest BCUT2D eigenvalue weighted by Gasteiger charge is 2.05. The first kappa shape index (κ1) is 17.5. The number of methoxy groups -OCH3 is 2. The third-order valence-corrected chi connectivity index (χ3v) is 3.17. The van der Waals surface area contributed by atoms with Crippen molar-refractivity contribution >= 4 is 36.1 Å². The lowest BCUT2D eigenvalue weighted by Crippen LogP contribution is -2.34. The van der Waals surface area contributed by atoms with Gasteiger partial charge in [0.1, 0.15) is 6.54 Å². The number of benzene rings is 1. The molecule has 0 bridgehead atoms. The van der Waals surface area contributed by atoms with Crippen molar-refractivity contribution < 1.29 is 14.0 Å². The summed E-state index contributed by atoms with van der Waals surface area (Å²) in [5, 5.41) is 0. The van der Waals surface area contributed by atoms with E-state index in [0.717, 1.165) is 23.6 Å². The number of ether oxygens (including phenoxy) is 2. The molecule has 0 fully saturated rings. The summed E-state index contributed by atoms with van der Waals surface area (Å²) in [6.07, 6.45) is 6.25. The molecule has 0 radical (unpaired) electrons. The Morgan fingerprint density at radius 1 is 1.00 bits per heavy atom. The van der Waals surface area contributed by atoms with Crippen molar-refractivity contribution in [2.24, 2.45) is 0 Å². The second-order valence-corrected chi connectivity index (χ2v) is 4.36. The normalized spacial score (nSPS) is 10.2. The van der Waals surface area contributed by atoms with Crippen LogP contribution in [0, 0.1) is 0 Å². The summed E-state index contributed by atoms with van der Waals surface area (Å²) < 4.78 is 12.7. The van der Waals surface area contributed by atoms with Crippen LogP contribution in [-0.4, -0.2) is 14.2 Å². The average Bonchev–Trinajstić information content (AvgIpc) is 2.52. The van der Waals surface area contributed by atoms with E-state index in [0.29, 0.717) is 0 Å². The highest BCUT2D eigenvalue weighted by Crippen LogP contribution is 2.28. The summed E-state index contributed by atoms with van der Waals surface area (Å²) in [7, 11) is 3.29. The van der Waals surface area contributed by atoms with Crippen LogP contribution in [0.1, 0.15) is 18.2 Å². The first-order chi connectivity index (χ1) is 9.78. The van der Waals surface area contributed by atoms with Crippen LogP contribution < -0.4 is 14.0 Å². The Morgan fingerprint density at radius 3 is 2.43 bits per heavy atom. The molecule has 0 N–H and O–H groups in total. The average molecular weight is 398 g/mol. The van der Waals surface area contributed by atoms with Crippen LogP contribution in [0.3, 0.4) is 0 Å². The summed E-state index contributed by atoms with van der Waals surface area (Å²) in [4.78, 5) is 0. The van der Waals surface area contributed by atoms with E-state index < -0.39 is 0 Å². The number of nitrogens with zero attached hydrogens (tertiary/aromatic N) is 1. The SMILES string of the molecule is CC[n+]1ccccc1/C=C/c1ccc(OC)c(OC)c1.I. The molecule has 0 saturated carbocycles. The van der Waals surface area contributed by atoms with E-state index in [1.54, 1.807) is 14.2 Å². The molecule has 0 unspecified atom stereocenters. The van der Waals surface area contributed by atoms with E-state index in [1.807, 2.05) is 30.3 Å². The van der Waals surface area contributed by atoms with E-state index in [1.165, 1.54) is 5.69 Å². The summed E-state index contributed by atoms with van der Waals surface area (Å²) in [6.45, 7) is 3.08. The van der Waals surface area contributed by atoms with Crippen molar-refractivity contribution in [2.45, 2.75) is 13.5 Å². The second kappa shape index (κ2) is 8.67. The number of aryl methyl sites for hydroxylation is 1. The molecule has 0 amide bonds. The van der Waals surface area contributed by atoms with E-state index >= 15 is 0 Å². The van der Waals surface area contributed by atoms with Crippen LogP contribution in [0.25, 0.3) is 12.2 Å². The van der Waals surface area contributed by atoms with Crippen molar-refractivity contribution in [3.63, 3.8) is 0 Å². The lowest BCUT2D eigenvalue weighted by atomic mass is 10.1. The first-order valence-electron chi connectivity index (χ1n) is 6.67. The van der Waals surface area contributed by atoms with Gasteiger partial charge in [0.05, 0.1) is 14.2 Å². The van der Waals surface area contributed by atoms with Gasteiger partial charge in [0.25, 0.3) is 0 Å². The Morgan fingerprint density at radius 2 is 1.76 bits per heavy atom. The number of hydrogen-bond donors (Lipinski definition) is 0. The molecule has 0 aliphatic heterocycles. The quantitative estimate of drug-likeness (QED) is 0.565. The zero-order valence-corrected chi connectivity index (χ0v) is 14.9.